The molecule has 1 aromatic heterocycles. The van der Waals surface area contributed by atoms with Crippen molar-refractivity contribution in [2.45, 2.75) is 45.1 Å². The van der Waals surface area contributed by atoms with Crippen LogP contribution in [-0.4, -0.2) is 28.7 Å². The lowest BCUT2D eigenvalue weighted by atomic mass is 10.1. The molecule has 0 aliphatic heterocycles. The normalized spacial score (nSPS) is 11.8. The van der Waals surface area contributed by atoms with Crippen LogP contribution >= 0.6 is 0 Å². The van der Waals surface area contributed by atoms with Crippen molar-refractivity contribution in [2.24, 2.45) is 5.73 Å². The van der Waals surface area contributed by atoms with E-state index in [1.54, 1.807) is 0 Å². The van der Waals surface area contributed by atoms with Crippen molar-refractivity contribution < 1.29 is 18.8 Å². The number of nitrogens with one attached hydrogen (secondary N) is 1. The number of alkyl carbamates (subject to hydrolysis) is 1. The number of hydrogen-bond acceptors (Lipinski definition) is 7. The number of aromatic nitrogens is 2. The van der Waals surface area contributed by atoms with Crippen molar-refractivity contribution in [3.05, 3.63) is 47.6 Å². The van der Waals surface area contributed by atoms with Gasteiger partial charge in [0.25, 0.3) is 0 Å². The van der Waals surface area contributed by atoms with E-state index in [1.807, 2.05) is 18.2 Å². The molecule has 0 radical (unpaired) electrons. The summed E-state index contributed by atoms with van der Waals surface area (Å²) in [4.78, 5) is 26.1. The van der Waals surface area contributed by atoms with Crippen LogP contribution in [0, 0.1) is 0 Å². The molecule has 140 valence electrons. The zero-order chi connectivity index (χ0) is 18.8. The fraction of sp³-hybridized carbons (Fsp3) is 0.444. The zero-order valence-electron chi connectivity index (χ0n) is 14.8. The van der Waals surface area contributed by atoms with E-state index in [0.29, 0.717) is 37.5 Å². The summed E-state index contributed by atoms with van der Waals surface area (Å²) in [5, 5.41) is 6.47. The van der Waals surface area contributed by atoms with E-state index in [9.17, 15) is 9.59 Å². The third-order valence-corrected chi connectivity index (χ3v) is 3.73. The monoisotopic (exact) mass is 360 g/mol. The number of ether oxygens (including phenoxy) is 1. The molecule has 3 N–H and O–H groups in total. The maximum absolute atomic E-state index is 11.1. The highest BCUT2D eigenvalue weighted by Gasteiger charge is 2.14. The average Bonchev–Trinajstić information content (AvgIpc) is 3.09. The van der Waals surface area contributed by atoms with Crippen LogP contribution in [0.4, 0.5) is 4.79 Å². The molecule has 2 aromatic rings. The van der Waals surface area contributed by atoms with Crippen molar-refractivity contribution in [3.8, 4) is 0 Å². The smallest absolute Gasteiger partial charge is 0.377 e. The SMILES string of the molecule is CC(=O)OC(=O)NCCCCC(N)c1nc(CCc2ccccc2)no1. The van der Waals surface area contributed by atoms with Crippen LogP contribution < -0.4 is 11.1 Å². The first-order valence-electron chi connectivity index (χ1n) is 8.63. The first-order valence-corrected chi connectivity index (χ1v) is 8.63. The number of benzene rings is 1. The molecule has 0 saturated heterocycles. The minimum absolute atomic E-state index is 0.336. The number of carbonyl (C=O) groups excluding carboxylic acids is 2. The van der Waals surface area contributed by atoms with Gasteiger partial charge in [0.15, 0.2) is 5.82 Å². The fourth-order valence-corrected chi connectivity index (χ4v) is 2.39. The average molecular weight is 360 g/mol. The summed E-state index contributed by atoms with van der Waals surface area (Å²) in [6.45, 7) is 1.59. The van der Waals surface area contributed by atoms with Gasteiger partial charge in [-0.1, -0.05) is 35.5 Å². The molecular weight excluding hydrogens is 336 g/mol. The van der Waals surface area contributed by atoms with Crippen LogP contribution in [0.2, 0.25) is 0 Å². The number of carbonyl (C=O) groups is 2. The molecule has 1 heterocycles. The molecular formula is C18H24N4O4. The van der Waals surface area contributed by atoms with E-state index in [4.69, 9.17) is 10.3 Å². The third kappa shape index (κ3) is 7.02. The molecule has 2 rings (SSSR count). The van der Waals surface area contributed by atoms with Gasteiger partial charge < -0.3 is 20.3 Å². The number of rotatable bonds is 9. The van der Waals surface area contributed by atoms with E-state index < -0.39 is 12.1 Å². The molecule has 0 fully saturated rings. The number of nitrogens with two attached hydrogens (primary N) is 1. The van der Waals surface area contributed by atoms with Gasteiger partial charge in [0.1, 0.15) is 0 Å². The first-order chi connectivity index (χ1) is 12.5. The minimum Gasteiger partial charge on any atom is -0.377 e. The van der Waals surface area contributed by atoms with E-state index in [1.165, 1.54) is 12.5 Å². The van der Waals surface area contributed by atoms with Gasteiger partial charge in [-0.3, -0.25) is 4.79 Å². The molecule has 26 heavy (non-hydrogen) atoms. The van der Waals surface area contributed by atoms with Gasteiger partial charge >= 0.3 is 12.1 Å². The lowest BCUT2D eigenvalue weighted by Gasteiger charge is -2.07. The number of esters is 1. The van der Waals surface area contributed by atoms with Gasteiger partial charge in [-0.05, 0) is 31.2 Å². The summed E-state index contributed by atoms with van der Waals surface area (Å²) < 4.78 is 9.60. The van der Waals surface area contributed by atoms with Crippen LogP contribution in [0.15, 0.2) is 34.9 Å². The largest absolute Gasteiger partial charge is 0.414 e. The molecule has 8 heteroatoms. The number of unbranched alkanes of at least 4 members (excludes halogenated alkanes) is 1. The van der Waals surface area contributed by atoms with Gasteiger partial charge in [0.05, 0.1) is 6.04 Å². The molecule has 1 amide bonds. The molecule has 8 nitrogen and oxygen atoms in total. The second-order valence-electron chi connectivity index (χ2n) is 5.94. The van der Waals surface area contributed by atoms with Crippen LogP contribution in [0.25, 0.3) is 0 Å². The maximum atomic E-state index is 11.1. The summed E-state index contributed by atoms with van der Waals surface area (Å²) in [7, 11) is 0. The predicted octanol–water partition coefficient (Wildman–Crippen LogP) is 2.30. The minimum atomic E-state index is -0.734. The van der Waals surface area contributed by atoms with E-state index >= 15 is 0 Å². The Hall–Kier alpha value is -2.74. The first kappa shape index (κ1) is 19.6. The zero-order valence-corrected chi connectivity index (χ0v) is 14.8. The van der Waals surface area contributed by atoms with E-state index in [2.05, 4.69) is 32.3 Å². The standard InChI is InChI=1S/C18H24N4O4/c1-13(23)25-18(24)20-12-6-5-9-15(19)17-21-16(22-26-17)11-10-14-7-3-2-4-8-14/h2-4,7-8,15H,5-6,9-12,19H2,1H3,(H,20,24). The van der Waals surface area contributed by atoms with Crippen LogP contribution in [0.5, 0.6) is 0 Å². The highest BCUT2D eigenvalue weighted by atomic mass is 16.6. The lowest BCUT2D eigenvalue weighted by Crippen LogP contribution is -2.27. The summed E-state index contributed by atoms with van der Waals surface area (Å²) in [6, 6.07) is 9.77. The van der Waals surface area contributed by atoms with Gasteiger partial charge in [-0.15, -0.1) is 0 Å². The predicted molar refractivity (Wildman–Crippen MR) is 94.1 cm³/mol. The number of hydrogen-bond donors (Lipinski definition) is 2. The fourth-order valence-electron chi connectivity index (χ4n) is 2.39. The Balaban J connectivity index is 1.65. The Kier molecular flexibility index (Phi) is 7.75. The maximum Gasteiger partial charge on any atom is 0.414 e. The van der Waals surface area contributed by atoms with Crippen molar-refractivity contribution in [2.75, 3.05) is 6.54 Å². The van der Waals surface area contributed by atoms with Crippen molar-refractivity contribution >= 4 is 12.1 Å². The summed E-state index contributed by atoms with van der Waals surface area (Å²) >= 11 is 0. The molecule has 1 unspecified atom stereocenters. The summed E-state index contributed by atoms with van der Waals surface area (Å²) in [5.74, 6) is 0.439. The number of aryl methyl sites for hydroxylation is 2. The van der Waals surface area contributed by atoms with Gasteiger partial charge in [-0.25, -0.2) is 4.79 Å². The Morgan fingerprint density at radius 2 is 2.00 bits per heavy atom. The van der Waals surface area contributed by atoms with Crippen LogP contribution in [-0.2, 0) is 22.4 Å². The second kappa shape index (κ2) is 10.3. The quantitative estimate of drug-likeness (QED) is 0.400. The summed E-state index contributed by atoms with van der Waals surface area (Å²) in [6.07, 6.45) is 2.93. The molecule has 1 aromatic carbocycles. The highest BCUT2D eigenvalue weighted by molar-refractivity contribution is 5.82. The Morgan fingerprint density at radius 1 is 1.23 bits per heavy atom. The molecule has 0 spiro atoms. The second-order valence-corrected chi connectivity index (χ2v) is 5.94. The number of amides is 1. The number of nitrogens with zero attached hydrogens (tertiary/aromatic N) is 2. The highest BCUT2D eigenvalue weighted by Crippen LogP contribution is 2.15. The molecule has 0 aliphatic carbocycles. The summed E-state index contributed by atoms with van der Waals surface area (Å²) in [5.41, 5.74) is 7.29. The Morgan fingerprint density at radius 3 is 2.73 bits per heavy atom. The van der Waals surface area contributed by atoms with Crippen molar-refractivity contribution in [1.29, 1.82) is 0 Å². The Labute approximate surface area is 152 Å². The Bertz CT molecular complexity index is 702. The van der Waals surface area contributed by atoms with Crippen LogP contribution in [0.3, 0.4) is 0 Å². The van der Waals surface area contributed by atoms with Crippen molar-refractivity contribution in [1.82, 2.24) is 15.5 Å². The molecule has 1 atom stereocenters. The van der Waals surface area contributed by atoms with Gasteiger partial charge in [-0.2, -0.15) is 4.98 Å². The van der Waals surface area contributed by atoms with Gasteiger partial charge in [0, 0.05) is 19.9 Å². The van der Waals surface area contributed by atoms with Crippen molar-refractivity contribution in [3.63, 3.8) is 0 Å². The topological polar surface area (TPSA) is 120 Å². The van der Waals surface area contributed by atoms with Gasteiger partial charge in [0.2, 0.25) is 5.89 Å². The molecule has 0 aliphatic rings. The third-order valence-electron chi connectivity index (χ3n) is 3.73. The van der Waals surface area contributed by atoms with E-state index in [0.717, 1.165) is 12.8 Å². The molecule has 0 bridgehead atoms. The lowest BCUT2D eigenvalue weighted by molar-refractivity contribution is -0.134. The molecule has 0 saturated carbocycles. The van der Waals surface area contributed by atoms with E-state index in [-0.39, 0.29) is 6.04 Å². The van der Waals surface area contributed by atoms with Crippen LogP contribution in [0.1, 0.15) is 49.5 Å².